The highest BCUT2D eigenvalue weighted by molar-refractivity contribution is 6.11. The summed E-state index contributed by atoms with van der Waals surface area (Å²) < 4.78 is 5.20. The first-order valence-electron chi connectivity index (χ1n) is 6.27. The molecule has 2 aromatic carbocycles. The molecule has 0 fully saturated rings. The molecule has 0 aromatic heterocycles. The maximum atomic E-state index is 11.6. The van der Waals surface area contributed by atoms with Crippen molar-refractivity contribution in [1.82, 2.24) is 0 Å². The van der Waals surface area contributed by atoms with E-state index in [0.29, 0.717) is 12.0 Å². The van der Waals surface area contributed by atoms with E-state index >= 15 is 0 Å². The number of ether oxygens (including phenoxy) is 1. The third-order valence-corrected chi connectivity index (χ3v) is 3.47. The predicted molar refractivity (Wildman–Crippen MR) is 75.9 cm³/mol. The molecule has 1 atom stereocenters. The molecule has 0 bridgehead atoms. The number of anilines is 1. The van der Waals surface area contributed by atoms with Crippen LogP contribution in [0.3, 0.4) is 0 Å². The second-order valence-corrected chi connectivity index (χ2v) is 4.64. The van der Waals surface area contributed by atoms with Crippen LogP contribution in [0.1, 0.15) is 11.5 Å². The molecule has 1 amide bonds. The molecule has 1 aliphatic heterocycles. The molecule has 0 aliphatic carbocycles. The monoisotopic (exact) mass is 267 g/mol. The van der Waals surface area contributed by atoms with Gasteiger partial charge in [-0.3, -0.25) is 4.79 Å². The Labute approximate surface area is 116 Å². The fourth-order valence-electron chi connectivity index (χ4n) is 2.40. The average Bonchev–Trinajstić information content (AvgIpc) is 2.81. The van der Waals surface area contributed by atoms with Crippen LogP contribution in [0.25, 0.3) is 11.1 Å². The van der Waals surface area contributed by atoms with Crippen molar-refractivity contribution in [3.05, 3.63) is 48.0 Å². The maximum absolute atomic E-state index is 11.6. The summed E-state index contributed by atoms with van der Waals surface area (Å²) in [6.45, 7) is 0. The van der Waals surface area contributed by atoms with Crippen LogP contribution in [0, 0.1) is 0 Å². The highest BCUT2D eigenvalue weighted by Crippen LogP contribution is 2.35. The smallest absolute Gasteiger partial charge is 0.239 e. The largest absolute Gasteiger partial charge is 0.497 e. The lowest BCUT2D eigenvalue weighted by Crippen LogP contribution is -2.12. The topological polar surface area (TPSA) is 55.4 Å². The van der Waals surface area contributed by atoms with Crippen molar-refractivity contribution in [3.8, 4) is 16.9 Å². The number of fused-ring (bicyclic) bond motifs is 1. The fraction of sp³-hybridized carbons (Fsp3) is 0.125. The lowest BCUT2D eigenvalue weighted by atomic mass is 9.98. The lowest BCUT2D eigenvalue weighted by Gasteiger charge is -2.07. The number of hydrogen-bond donors (Lipinski definition) is 1. The second-order valence-electron chi connectivity index (χ2n) is 4.64. The summed E-state index contributed by atoms with van der Waals surface area (Å²) in [5, 5.41) is 2.74. The molecule has 4 nitrogen and oxygen atoms in total. The second kappa shape index (κ2) is 4.81. The fourth-order valence-corrected chi connectivity index (χ4v) is 2.40. The Kier molecular flexibility index (Phi) is 2.99. The normalized spacial score (nSPS) is 16.4. The lowest BCUT2D eigenvalue weighted by molar-refractivity contribution is -0.121. The molecule has 1 heterocycles. The van der Waals surface area contributed by atoms with E-state index in [1.165, 1.54) is 0 Å². The van der Waals surface area contributed by atoms with Crippen molar-refractivity contribution in [1.29, 1.82) is 0 Å². The van der Waals surface area contributed by atoms with Gasteiger partial charge in [0.25, 0.3) is 0 Å². The molecular weight excluding hydrogens is 254 g/mol. The van der Waals surface area contributed by atoms with Gasteiger partial charge in [0.05, 0.1) is 7.11 Å². The van der Waals surface area contributed by atoms with Crippen LogP contribution >= 0.6 is 0 Å². The zero-order valence-corrected chi connectivity index (χ0v) is 10.9. The van der Waals surface area contributed by atoms with Crippen molar-refractivity contribution in [2.75, 3.05) is 12.4 Å². The summed E-state index contributed by atoms with van der Waals surface area (Å²) >= 11 is 0. The van der Waals surface area contributed by atoms with Gasteiger partial charge in [-0.05, 0) is 34.9 Å². The highest BCUT2D eigenvalue weighted by atomic mass is 16.5. The Morgan fingerprint density at radius 1 is 1.15 bits per heavy atom. The number of hydrogen-bond acceptors (Lipinski definition) is 3. The summed E-state index contributed by atoms with van der Waals surface area (Å²) in [6.07, 6.45) is 0.673. The van der Waals surface area contributed by atoms with Gasteiger partial charge in [-0.1, -0.05) is 24.3 Å². The molecule has 1 unspecified atom stereocenters. The number of methoxy groups -OCH3 is 1. The van der Waals surface area contributed by atoms with Crippen molar-refractivity contribution < 1.29 is 14.3 Å². The molecule has 1 N–H and O–H groups in total. The number of benzene rings is 2. The summed E-state index contributed by atoms with van der Waals surface area (Å²) in [5.41, 5.74) is 3.40. The van der Waals surface area contributed by atoms with E-state index < -0.39 is 5.92 Å². The standard InChI is InChI=1S/C16H13NO3/c1-20-12-4-2-3-10(7-12)11-5-6-13-14(9-18)16(19)17-15(13)8-11/h2-9,14H,1H3,(H,17,19). The molecule has 0 saturated heterocycles. The van der Waals surface area contributed by atoms with E-state index in [1.54, 1.807) is 7.11 Å². The van der Waals surface area contributed by atoms with Crippen LogP contribution < -0.4 is 10.1 Å². The molecule has 0 saturated carbocycles. The summed E-state index contributed by atoms with van der Waals surface area (Å²) in [6, 6.07) is 13.3. The molecule has 0 spiro atoms. The van der Waals surface area contributed by atoms with Crippen molar-refractivity contribution in [2.24, 2.45) is 0 Å². The van der Waals surface area contributed by atoms with E-state index in [-0.39, 0.29) is 5.91 Å². The molecule has 2 aromatic rings. The van der Waals surface area contributed by atoms with Crippen molar-refractivity contribution >= 4 is 17.9 Å². The Bertz CT molecular complexity index is 694. The van der Waals surface area contributed by atoms with E-state index in [9.17, 15) is 9.59 Å². The maximum Gasteiger partial charge on any atom is 0.239 e. The SMILES string of the molecule is COc1cccc(-c2ccc3c(c2)NC(=O)C3C=O)c1. The summed E-state index contributed by atoms with van der Waals surface area (Å²) in [7, 11) is 1.62. The van der Waals surface area contributed by atoms with E-state index in [4.69, 9.17) is 4.74 Å². The van der Waals surface area contributed by atoms with Gasteiger partial charge in [0.15, 0.2) is 0 Å². The van der Waals surface area contributed by atoms with Crippen LogP contribution in [0.4, 0.5) is 5.69 Å². The minimum atomic E-state index is -0.690. The number of carbonyl (C=O) groups is 2. The minimum Gasteiger partial charge on any atom is -0.497 e. The van der Waals surface area contributed by atoms with Crippen LogP contribution in [-0.2, 0) is 9.59 Å². The number of amides is 1. The Hall–Kier alpha value is -2.62. The quantitative estimate of drug-likeness (QED) is 0.687. The molecule has 100 valence electrons. The highest BCUT2D eigenvalue weighted by Gasteiger charge is 2.30. The third kappa shape index (κ3) is 1.95. The van der Waals surface area contributed by atoms with Crippen molar-refractivity contribution in [2.45, 2.75) is 5.92 Å². The van der Waals surface area contributed by atoms with Gasteiger partial charge < -0.3 is 14.8 Å². The molecule has 20 heavy (non-hydrogen) atoms. The predicted octanol–water partition coefficient (Wildman–Crippen LogP) is 2.60. The summed E-state index contributed by atoms with van der Waals surface area (Å²) in [4.78, 5) is 22.6. The first-order chi connectivity index (χ1) is 9.72. The summed E-state index contributed by atoms with van der Waals surface area (Å²) in [5.74, 6) is -0.181. The van der Waals surface area contributed by atoms with Gasteiger partial charge in [-0.15, -0.1) is 0 Å². The van der Waals surface area contributed by atoms with Crippen LogP contribution in [0.5, 0.6) is 5.75 Å². The number of carbonyl (C=O) groups excluding carboxylic acids is 2. The molecule has 4 heteroatoms. The Morgan fingerprint density at radius 3 is 2.70 bits per heavy atom. The van der Waals surface area contributed by atoms with Crippen LogP contribution in [0.2, 0.25) is 0 Å². The van der Waals surface area contributed by atoms with Gasteiger partial charge in [0, 0.05) is 5.69 Å². The van der Waals surface area contributed by atoms with Crippen LogP contribution in [-0.4, -0.2) is 19.3 Å². The zero-order valence-electron chi connectivity index (χ0n) is 10.9. The first kappa shape index (κ1) is 12.4. The van der Waals surface area contributed by atoms with E-state index in [0.717, 1.165) is 22.4 Å². The molecule has 3 rings (SSSR count). The molecular formula is C16H13NO3. The first-order valence-corrected chi connectivity index (χ1v) is 6.27. The minimum absolute atomic E-state index is 0.266. The van der Waals surface area contributed by atoms with Crippen molar-refractivity contribution in [3.63, 3.8) is 0 Å². The van der Waals surface area contributed by atoms with Crippen LogP contribution in [0.15, 0.2) is 42.5 Å². The number of nitrogens with one attached hydrogen (secondary N) is 1. The van der Waals surface area contributed by atoms with E-state index in [1.807, 2.05) is 42.5 Å². The zero-order chi connectivity index (χ0) is 14.1. The van der Waals surface area contributed by atoms with Gasteiger partial charge in [0.2, 0.25) is 5.91 Å². The Balaban J connectivity index is 2.03. The van der Waals surface area contributed by atoms with Gasteiger partial charge in [-0.2, -0.15) is 0 Å². The average molecular weight is 267 g/mol. The molecule has 1 aliphatic rings. The number of rotatable bonds is 3. The van der Waals surface area contributed by atoms with Gasteiger partial charge >= 0.3 is 0 Å². The molecule has 0 radical (unpaired) electrons. The number of aldehydes is 1. The Morgan fingerprint density at radius 2 is 1.95 bits per heavy atom. The third-order valence-electron chi connectivity index (χ3n) is 3.47. The van der Waals surface area contributed by atoms with E-state index in [2.05, 4.69) is 5.32 Å². The van der Waals surface area contributed by atoms with Gasteiger partial charge in [-0.25, -0.2) is 0 Å². The van der Waals surface area contributed by atoms with Gasteiger partial charge in [0.1, 0.15) is 18.0 Å².